The highest BCUT2D eigenvalue weighted by atomic mass is 32.2. The van der Waals surface area contributed by atoms with Crippen molar-refractivity contribution >= 4 is 39.3 Å². The lowest BCUT2D eigenvalue weighted by atomic mass is 10.2. The Kier molecular flexibility index (Phi) is 8.42. The molecule has 0 aromatic heterocycles. The molecular weight excluding hydrogens is 454 g/mol. The van der Waals surface area contributed by atoms with Crippen molar-refractivity contribution < 1.29 is 22.7 Å². The van der Waals surface area contributed by atoms with E-state index < -0.39 is 10.0 Å². The summed E-state index contributed by atoms with van der Waals surface area (Å²) in [6.45, 7) is 2.27. The second-order valence-electron chi connectivity index (χ2n) is 7.16. The molecule has 0 atom stereocenters. The molecule has 0 heterocycles. The van der Waals surface area contributed by atoms with Gasteiger partial charge < -0.3 is 15.4 Å². The van der Waals surface area contributed by atoms with Gasteiger partial charge in [-0.1, -0.05) is 30.3 Å². The fourth-order valence-electron chi connectivity index (χ4n) is 2.86. The number of likely N-dealkylation sites (N-methyl/N-ethyl adjacent to an activating group) is 1. The van der Waals surface area contributed by atoms with Crippen molar-refractivity contribution in [3.63, 3.8) is 0 Å². The van der Waals surface area contributed by atoms with E-state index in [9.17, 15) is 18.0 Å². The highest BCUT2D eigenvalue weighted by molar-refractivity contribution is 7.95. The summed E-state index contributed by atoms with van der Waals surface area (Å²) in [5, 5.41) is 6.48. The zero-order valence-corrected chi connectivity index (χ0v) is 19.3. The lowest BCUT2D eigenvalue weighted by molar-refractivity contribution is -0.122. The summed E-state index contributed by atoms with van der Waals surface area (Å²) >= 11 is 0. The predicted molar refractivity (Wildman–Crippen MR) is 133 cm³/mol. The molecule has 3 aromatic carbocycles. The number of rotatable bonds is 10. The van der Waals surface area contributed by atoms with Gasteiger partial charge in [-0.15, -0.1) is 0 Å². The first-order valence-electron chi connectivity index (χ1n) is 10.5. The Morgan fingerprint density at radius 3 is 2.18 bits per heavy atom. The van der Waals surface area contributed by atoms with Gasteiger partial charge in [-0.05, 0) is 67.1 Å². The molecule has 8 nitrogen and oxygen atoms in total. The molecular formula is C25H25N3O5S. The van der Waals surface area contributed by atoms with E-state index in [1.165, 1.54) is 30.3 Å². The molecule has 34 heavy (non-hydrogen) atoms. The predicted octanol–water partition coefficient (Wildman–Crippen LogP) is 3.87. The number of carbonyl (C=O) groups excluding carboxylic acids is 2. The average molecular weight is 480 g/mol. The Morgan fingerprint density at radius 2 is 1.53 bits per heavy atom. The molecule has 9 heteroatoms. The van der Waals surface area contributed by atoms with Crippen molar-refractivity contribution in [1.29, 1.82) is 0 Å². The van der Waals surface area contributed by atoms with Gasteiger partial charge in [0.15, 0.2) is 6.61 Å². The summed E-state index contributed by atoms with van der Waals surface area (Å²) in [7, 11) is -3.70. The minimum atomic E-state index is -3.70. The number of amides is 2. The Bertz CT molecular complexity index is 1240. The molecule has 0 bridgehead atoms. The van der Waals surface area contributed by atoms with E-state index in [0.717, 1.165) is 11.0 Å². The molecule has 3 N–H and O–H groups in total. The zero-order valence-electron chi connectivity index (χ0n) is 18.5. The number of hydrogen-bond acceptors (Lipinski definition) is 5. The van der Waals surface area contributed by atoms with E-state index in [4.69, 9.17) is 4.74 Å². The maximum atomic E-state index is 12.5. The fraction of sp³-hybridized carbons (Fsp3) is 0.120. The van der Waals surface area contributed by atoms with Crippen molar-refractivity contribution in [3.8, 4) is 5.75 Å². The van der Waals surface area contributed by atoms with Gasteiger partial charge in [-0.2, -0.15) is 0 Å². The van der Waals surface area contributed by atoms with Gasteiger partial charge in [0.25, 0.3) is 21.8 Å². The van der Waals surface area contributed by atoms with Crippen LogP contribution in [0.1, 0.15) is 22.8 Å². The summed E-state index contributed by atoms with van der Waals surface area (Å²) in [6, 6.07) is 21.8. The third-order valence-corrected chi connectivity index (χ3v) is 5.52. The first-order chi connectivity index (χ1) is 16.3. The van der Waals surface area contributed by atoms with Crippen LogP contribution in [0.5, 0.6) is 5.75 Å². The van der Waals surface area contributed by atoms with Crippen molar-refractivity contribution in [2.45, 2.75) is 6.92 Å². The van der Waals surface area contributed by atoms with Crippen LogP contribution >= 0.6 is 0 Å². The minimum Gasteiger partial charge on any atom is -0.484 e. The van der Waals surface area contributed by atoms with Gasteiger partial charge in [0, 0.05) is 23.5 Å². The second kappa shape index (κ2) is 11.7. The molecule has 0 unspecified atom stereocenters. The van der Waals surface area contributed by atoms with E-state index in [2.05, 4.69) is 15.4 Å². The average Bonchev–Trinajstić information content (AvgIpc) is 2.83. The maximum absolute atomic E-state index is 12.5. The summed E-state index contributed by atoms with van der Waals surface area (Å²) in [5.41, 5.74) is 2.01. The summed E-state index contributed by atoms with van der Waals surface area (Å²) in [5.74, 6) is -0.0607. The lowest BCUT2D eigenvalue weighted by Gasteiger charge is -2.09. The standard InChI is InChI=1S/C25H25N3O5S/c1-2-26-24(29)18-33-23-14-12-21(13-15-23)27-25(30)20-8-10-22(11-9-20)28-34(31,32)17-16-19-6-4-3-5-7-19/h3-17,28H,2,18H2,1H3,(H,26,29)(H,27,30)/b17-16+. The normalized spacial score (nSPS) is 11.1. The first-order valence-corrected chi connectivity index (χ1v) is 12.1. The Hall–Kier alpha value is -4.11. The SMILES string of the molecule is CCNC(=O)COc1ccc(NC(=O)c2ccc(NS(=O)(=O)/C=C/c3ccccc3)cc2)cc1. The van der Waals surface area contributed by atoms with Crippen LogP contribution in [0.4, 0.5) is 11.4 Å². The number of benzene rings is 3. The Balaban J connectivity index is 1.54. The molecule has 2 amide bonds. The number of ether oxygens (including phenoxy) is 1. The number of nitrogens with one attached hydrogen (secondary N) is 3. The van der Waals surface area contributed by atoms with Gasteiger partial charge in [0.2, 0.25) is 0 Å². The van der Waals surface area contributed by atoms with Crippen LogP contribution in [0.25, 0.3) is 6.08 Å². The molecule has 3 rings (SSSR count). The second-order valence-corrected chi connectivity index (χ2v) is 8.72. The fourth-order valence-corrected chi connectivity index (χ4v) is 3.72. The number of carbonyl (C=O) groups is 2. The van der Waals surface area contributed by atoms with E-state index in [0.29, 0.717) is 29.2 Å². The van der Waals surface area contributed by atoms with Crippen LogP contribution in [-0.2, 0) is 14.8 Å². The Morgan fingerprint density at radius 1 is 0.882 bits per heavy atom. The minimum absolute atomic E-state index is 0.0856. The molecule has 0 saturated carbocycles. The summed E-state index contributed by atoms with van der Waals surface area (Å²) < 4.78 is 32.4. The topological polar surface area (TPSA) is 114 Å². The molecule has 0 aliphatic carbocycles. The maximum Gasteiger partial charge on any atom is 0.257 e. The molecule has 0 radical (unpaired) electrons. The molecule has 0 fully saturated rings. The number of sulfonamides is 1. The van der Waals surface area contributed by atoms with Gasteiger partial charge in [0.1, 0.15) is 5.75 Å². The molecule has 0 aliphatic heterocycles. The van der Waals surface area contributed by atoms with Gasteiger partial charge in [-0.3, -0.25) is 14.3 Å². The van der Waals surface area contributed by atoms with E-state index in [1.807, 2.05) is 25.1 Å². The van der Waals surface area contributed by atoms with Crippen molar-refractivity contribution in [3.05, 3.63) is 95.4 Å². The van der Waals surface area contributed by atoms with Crippen LogP contribution in [0.15, 0.2) is 84.3 Å². The van der Waals surface area contributed by atoms with Crippen LogP contribution in [0, 0.1) is 0 Å². The quantitative estimate of drug-likeness (QED) is 0.409. The van der Waals surface area contributed by atoms with Crippen molar-refractivity contribution in [2.75, 3.05) is 23.2 Å². The molecule has 3 aromatic rings. The van der Waals surface area contributed by atoms with Gasteiger partial charge in [0.05, 0.1) is 5.41 Å². The van der Waals surface area contributed by atoms with Crippen LogP contribution in [0.3, 0.4) is 0 Å². The molecule has 176 valence electrons. The van der Waals surface area contributed by atoms with Crippen molar-refractivity contribution in [2.24, 2.45) is 0 Å². The third kappa shape index (κ3) is 7.79. The zero-order chi connectivity index (χ0) is 24.4. The molecule has 0 saturated heterocycles. The van der Waals surface area contributed by atoms with Crippen LogP contribution in [-0.4, -0.2) is 33.4 Å². The highest BCUT2D eigenvalue weighted by Crippen LogP contribution is 2.18. The number of hydrogen-bond donors (Lipinski definition) is 3. The van der Waals surface area contributed by atoms with E-state index in [1.54, 1.807) is 36.4 Å². The molecule has 0 aliphatic rings. The summed E-state index contributed by atoms with van der Waals surface area (Å²) in [4.78, 5) is 23.9. The lowest BCUT2D eigenvalue weighted by Crippen LogP contribution is -2.28. The van der Waals surface area contributed by atoms with Gasteiger partial charge in [-0.25, -0.2) is 8.42 Å². The third-order valence-electron chi connectivity index (χ3n) is 4.50. The largest absolute Gasteiger partial charge is 0.484 e. The molecule has 0 spiro atoms. The van der Waals surface area contributed by atoms with Gasteiger partial charge >= 0.3 is 0 Å². The number of anilines is 2. The Labute approximate surface area is 198 Å². The van der Waals surface area contributed by atoms with Crippen LogP contribution < -0.4 is 20.1 Å². The first kappa shape index (κ1) is 24.5. The van der Waals surface area contributed by atoms with Crippen molar-refractivity contribution in [1.82, 2.24) is 5.32 Å². The van der Waals surface area contributed by atoms with E-state index in [-0.39, 0.29) is 18.4 Å². The highest BCUT2D eigenvalue weighted by Gasteiger charge is 2.09. The summed E-state index contributed by atoms with van der Waals surface area (Å²) in [6.07, 6.45) is 1.50. The van der Waals surface area contributed by atoms with Crippen LogP contribution in [0.2, 0.25) is 0 Å². The smallest absolute Gasteiger partial charge is 0.257 e. The van der Waals surface area contributed by atoms with E-state index >= 15 is 0 Å². The monoisotopic (exact) mass is 479 g/mol.